The fraction of sp³-hybridized carbons (Fsp3) is 0.286. The maximum absolute atomic E-state index is 12.6. The van der Waals surface area contributed by atoms with Gasteiger partial charge in [0, 0.05) is 6.54 Å². The average molecular weight is 305 g/mol. The Hall–Kier alpha value is -2.28. The first-order valence-electron chi connectivity index (χ1n) is 6.37. The highest BCUT2D eigenvalue weighted by molar-refractivity contribution is 7.07. The van der Waals surface area contributed by atoms with Gasteiger partial charge in [0.05, 0.1) is 5.69 Å². The molecule has 1 aromatic heterocycles. The van der Waals surface area contributed by atoms with E-state index < -0.39 is 12.0 Å². The molecule has 0 fully saturated rings. The van der Waals surface area contributed by atoms with Crippen LogP contribution >= 0.6 is 11.5 Å². The van der Waals surface area contributed by atoms with E-state index in [1.807, 2.05) is 30.3 Å². The molecule has 7 heteroatoms. The van der Waals surface area contributed by atoms with Gasteiger partial charge in [-0.15, -0.1) is 5.10 Å². The fourth-order valence-electron chi connectivity index (χ4n) is 1.86. The molecular weight excluding hydrogens is 290 g/mol. The maximum atomic E-state index is 12.6. The third kappa shape index (κ3) is 3.43. The summed E-state index contributed by atoms with van der Waals surface area (Å²) >= 11 is 0.980. The van der Waals surface area contributed by atoms with Crippen LogP contribution in [0, 0.1) is 6.92 Å². The van der Waals surface area contributed by atoms with Crippen LogP contribution < -0.4 is 0 Å². The molecule has 0 aliphatic rings. The first-order chi connectivity index (χ1) is 10.0. The van der Waals surface area contributed by atoms with Gasteiger partial charge in [0.25, 0.3) is 5.91 Å². The molecule has 0 aliphatic heterocycles. The number of carbonyl (C=O) groups is 2. The lowest BCUT2D eigenvalue weighted by atomic mass is 10.1. The molecule has 2 rings (SSSR count). The topological polar surface area (TPSA) is 83.4 Å². The highest BCUT2D eigenvalue weighted by Gasteiger charge is 2.29. The molecule has 0 saturated carbocycles. The second-order valence-electron chi connectivity index (χ2n) is 4.62. The molecule has 1 heterocycles. The summed E-state index contributed by atoms with van der Waals surface area (Å²) in [6.45, 7) is 3.40. The Morgan fingerprint density at radius 1 is 1.33 bits per heavy atom. The van der Waals surface area contributed by atoms with Gasteiger partial charge in [-0.05, 0) is 30.9 Å². The van der Waals surface area contributed by atoms with Crippen LogP contribution in [0.2, 0.25) is 0 Å². The van der Waals surface area contributed by atoms with Crippen molar-refractivity contribution in [3.05, 3.63) is 46.5 Å². The number of benzene rings is 1. The van der Waals surface area contributed by atoms with Gasteiger partial charge in [-0.1, -0.05) is 34.8 Å². The van der Waals surface area contributed by atoms with Gasteiger partial charge in [-0.2, -0.15) is 0 Å². The molecule has 2 aromatic rings. The van der Waals surface area contributed by atoms with E-state index in [0.717, 1.165) is 17.1 Å². The summed E-state index contributed by atoms with van der Waals surface area (Å²) < 4.78 is 3.73. The van der Waals surface area contributed by atoms with Crippen LogP contribution in [0.15, 0.2) is 30.3 Å². The van der Waals surface area contributed by atoms with Crippen molar-refractivity contribution in [3.63, 3.8) is 0 Å². The molecule has 1 unspecified atom stereocenters. The molecule has 0 spiro atoms. The summed E-state index contributed by atoms with van der Waals surface area (Å²) in [7, 11) is 0. The average Bonchev–Trinajstić information content (AvgIpc) is 2.90. The van der Waals surface area contributed by atoms with Crippen molar-refractivity contribution in [2.24, 2.45) is 0 Å². The lowest BCUT2D eigenvalue weighted by Gasteiger charge is -2.26. The predicted octanol–water partition coefficient (Wildman–Crippen LogP) is 1.96. The number of aromatic nitrogens is 2. The summed E-state index contributed by atoms with van der Waals surface area (Å²) in [5.41, 5.74) is 1.38. The van der Waals surface area contributed by atoms with E-state index in [1.54, 1.807) is 6.92 Å². The van der Waals surface area contributed by atoms with Crippen LogP contribution in [0.3, 0.4) is 0 Å². The number of carboxylic acid groups (broad SMARTS) is 1. The quantitative estimate of drug-likeness (QED) is 0.913. The van der Waals surface area contributed by atoms with Gasteiger partial charge in [0.1, 0.15) is 10.9 Å². The molecule has 1 atom stereocenters. The van der Waals surface area contributed by atoms with E-state index in [0.29, 0.717) is 10.6 Å². The number of hydrogen-bond acceptors (Lipinski definition) is 5. The van der Waals surface area contributed by atoms with Crippen molar-refractivity contribution >= 4 is 23.4 Å². The summed E-state index contributed by atoms with van der Waals surface area (Å²) in [6, 6.07) is 8.35. The normalized spacial score (nSPS) is 11.9. The Balaban J connectivity index is 2.30. The van der Waals surface area contributed by atoms with Crippen LogP contribution in [-0.4, -0.2) is 37.5 Å². The van der Waals surface area contributed by atoms with Gasteiger partial charge in [-0.3, -0.25) is 4.79 Å². The second-order valence-corrected chi connectivity index (χ2v) is 5.37. The Kier molecular flexibility index (Phi) is 4.64. The van der Waals surface area contributed by atoms with Gasteiger partial charge in [-0.25, -0.2) is 4.79 Å². The van der Waals surface area contributed by atoms with Crippen LogP contribution in [0.25, 0.3) is 0 Å². The highest BCUT2D eigenvalue weighted by Crippen LogP contribution is 2.17. The largest absolute Gasteiger partial charge is 0.480 e. The lowest BCUT2D eigenvalue weighted by molar-refractivity contribution is -0.141. The number of amides is 1. The highest BCUT2D eigenvalue weighted by atomic mass is 32.1. The Labute approximate surface area is 126 Å². The number of rotatable bonds is 5. The van der Waals surface area contributed by atoms with Crippen molar-refractivity contribution in [1.29, 1.82) is 0 Å². The molecule has 0 bridgehead atoms. The summed E-state index contributed by atoms with van der Waals surface area (Å²) in [5.74, 6) is -1.41. The summed E-state index contributed by atoms with van der Waals surface area (Å²) in [5, 5.41) is 13.0. The number of carbonyl (C=O) groups excluding carboxylic acids is 1. The molecule has 1 amide bonds. The Morgan fingerprint density at radius 3 is 2.52 bits per heavy atom. The first-order valence-corrected chi connectivity index (χ1v) is 7.14. The molecule has 0 radical (unpaired) electrons. The van der Waals surface area contributed by atoms with E-state index >= 15 is 0 Å². The van der Waals surface area contributed by atoms with Gasteiger partial charge in [0.2, 0.25) is 0 Å². The molecule has 1 N–H and O–H groups in total. The standard InChI is InChI=1S/C14H15N3O3S/c1-9-12(21-16-15-9)13(18)17(10(2)14(19)20)8-11-6-4-3-5-7-11/h3-7,10H,8H2,1-2H3,(H,19,20). The third-order valence-electron chi connectivity index (χ3n) is 3.13. The number of nitrogens with zero attached hydrogens (tertiary/aromatic N) is 3. The number of hydrogen-bond donors (Lipinski definition) is 1. The zero-order chi connectivity index (χ0) is 15.4. The summed E-state index contributed by atoms with van der Waals surface area (Å²) in [6.07, 6.45) is 0. The molecule has 110 valence electrons. The number of aryl methyl sites for hydroxylation is 1. The molecule has 6 nitrogen and oxygen atoms in total. The van der Waals surface area contributed by atoms with E-state index in [2.05, 4.69) is 9.59 Å². The lowest BCUT2D eigenvalue weighted by Crippen LogP contribution is -2.42. The minimum Gasteiger partial charge on any atom is -0.480 e. The monoisotopic (exact) mass is 305 g/mol. The molecule has 1 aromatic carbocycles. The van der Waals surface area contributed by atoms with E-state index in [-0.39, 0.29) is 12.5 Å². The summed E-state index contributed by atoms with van der Waals surface area (Å²) in [4.78, 5) is 25.5. The second kappa shape index (κ2) is 6.45. The fourth-order valence-corrected chi connectivity index (χ4v) is 2.47. The van der Waals surface area contributed by atoms with Crippen LogP contribution in [-0.2, 0) is 11.3 Å². The zero-order valence-electron chi connectivity index (χ0n) is 11.7. The number of carboxylic acids is 1. The maximum Gasteiger partial charge on any atom is 0.326 e. The van der Waals surface area contributed by atoms with Crippen molar-refractivity contribution in [2.75, 3.05) is 0 Å². The van der Waals surface area contributed by atoms with Gasteiger partial charge < -0.3 is 10.0 Å². The van der Waals surface area contributed by atoms with Crippen molar-refractivity contribution < 1.29 is 14.7 Å². The third-order valence-corrected chi connectivity index (χ3v) is 3.94. The zero-order valence-corrected chi connectivity index (χ0v) is 12.5. The van der Waals surface area contributed by atoms with E-state index in [1.165, 1.54) is 11.8 Å². The smallest absolute Gasteiger partial charge is 0.326 e. The Morgan fingerprint density at radius 2 is 2.00 bits per heavy atom. The SMILES string of the molecule is Cc1nnsc1C(=O)N(Cc1ccccc1)C(C)C(=O)O. The van der Waals surface area contributed by atoms with Crippen molar-refractivity contribution in [1.82, 2.24) is 14.5 Å². The molecule has 0 saturated heterocycles. The molecule has 0 aliphatic carbocycles. The van der Waals surface area contributed by atoms with Crippen LogP contribution in [0.5, 0.6) is 0 Å². The molecule has 21 heavy (non-hydrogen) atoms. The van der Waals surface area contributed by atoms with Crippen molar-refractivity contribution in [2.45, 2.75) is 26.4 Å². The Bertz CT molecular complexity index is 642. The van der Waals surface area contributed by atoms with E-state index in [9.17, 15) is 14.7 Å². The van der Waals surface area contributed by atoms with Crippen LogP contribution in [0.4, 0.5) is 0 Å². The minimum atomic E-state index is -1.05. The van der Waals surface area contributed by atoms with Gasteiger partial charge in [0.15, 0.2) is 0 Å². The van der Waals surface area contributed by atoms with Crippen molar-refractivity contribution in [3.8, 4) is 0 Å². The van der Waals surface area contributed by atoms with Crippen LogP contribution in [0.1, 0.15) is 27.9 Å². The molecular formula is C14H15N3O3S. The van der Waals surface area contributed by atoms with Gasteiger partial charge >= 0.3 is 5.97 Å². The minimum absolute atomic E-state index is 0.227. The van der Waals surface area contributed by atoms with E-state index in [4.69, 9.17) is 0 Å². The first kappa shape index (κ1) is 15.1. The number of aliphatic carboxylic acids is 1. The predicted molar refractivity (Wildman–Crippen MR) is 78.1 cm³/mol.